The molecule has 0 aliphatic carbocycles. The number of thiazole rings is 1. The standard InChI is InChI=1S/C19H23N5O2S2/c1-11-8-14(24(5)23-11)16-21-13-7-6-12(9-15(13)27-16)19(4)10-28(25,26)18(2,3)17(20)22-19/h6-9H,10H2,1-5H3,(H2,20,22). The monoisotopic (exact) mass is 417 g/mol. The number of rotatable bonds is 2. The molecule has 1 unspecified atom stereocenters. The highest BCUT2D eigenvalue weighted by Crippen LogP contribution is 2.37. The zero-order valence-corrected chi connectivity index (χ0v) is 18.1. The highest BCUT2D eigenvalue weighted by molar-refractivity contribution is 7.93. The van der Waals surface area contributed by atoms with Gasteiger partial charge in [-0.1, -0.05) is 6.07 Å². The summed E-state index contributed by atoms with van der Waals surface area (Å²) in [6, 6.07) is 7.79. The maximum atomic E-state index is 12.8. The Hall–Kier alpha value is -2.26. The Bertz CT molecular complexity index is 1220. The van der Waals surface area contributed by atoms with Gasteiger partial charge < -0.3 is 5.32 Å². The van der Waals surface area contributed by atoms with Crippen LogP contribution in [0.15, 0.2) is 24.3 Å². The highest BCUT2D eigenvalue weighted by atomic mass is 32.2. The number of nitrogens with one attached hydrogen (secondary N) is 2. The first-order valence-electron chi connectivity index (χ1n) is 8.94. The SMILES string of the molecule is Cc1cc(-c2nc3ccc(C4(C)CS(=O)(=O)C(C)(C)C(=N)N4)cc3s2)n(C)n1. The summed E-state index contributed by atoms with van der Waals surface area (Å²) in [7, 11) is -1.58. The van der Waals surface area contributed by atoms with Crippen molar-refractivity contribution in [1.29, 1.82) is 5.41 Å². The molecule has 1 atom stereocenters. The topological polar surface area (TPSA) is 101 Å². The van der Waals surface area contributed by atoms with Crippen LogP contribution >= 0.6 is 11.3 Å². The summed E-state index contributed by atoms with van der Waals surface area (Å²) in [6.45, 7) is 6.93. The second-order valence-electron chi connectivity index (χ2n) is 8.10. The fraction of sp³-hybridized carbons (Fsp3) is 0.421. The average molecular weight is 418 g/mol. The van der Waals surface area contributed by atoms with Crippen molar-refractivity contribution in [3.63, 3.8) is 0 Å². The molecule has 148 valence electrons. The van der Waals surface area contributed by atoms with Crippen LogP contribution in [0.1, 0.15) is 32.0 Å². The van der Waals surface area contributed by atoms with Crippen LogP contribution in [0.25, 0.3) is 20.9 Å². The van der Waals surface area contributed by atoms with Crippen LogP contribution in [0.2, 0.25) is 0 Å². The molecule has 9 heteroatoms. The van der Waals surface area contributed by atoms with Gasteiger partial charge >= 0.3 is 0 Å². The molecule has 0 saturated carbocycles. The summed E-state index contributed by atoms with van der Waals surface area (Å²) < 4.78 is 27.2. The Morgan fingerprint density at radius 1 is 1.25 bits per heavy atom. The van der Waals surface area contributed by atoms with Crippen LogP contribution < -0.4 is 5.32 Å². The van der Waals surface area contributed by atoms with Crippen molar-refractivity contribution in [2.45, 2.75) is 38.0 Å². The summed E-state index contributed by atoms with van der Waals surface area (Å²) >= 11 is 1.55. The van der Waals surface area contributed by atoms with E-state index in [0.29, 0.717) is 0 Å². The Morgan fingerprint density at radius 2 is 1.96 bits per heavy atom. The van der Waals surface area contributed by atoms with Crippen LogP contribution in [-0.2, 0) is 22.4 Å². The van der Waals surface area contributed by atoms with Crippen LogP contribution in [0, 0.1) is 12.3 Å². The van der Waals surface area contributed by atoms with E-state index in [1.165, 1.54) is 0 Å². The molecule has 3 heterocycles. The van der Waals surface area contributed by atoms with Crippen molar-refractivity contribution >= 4 is 37.2 Å². The lowest BCUT2D eigenvalue weighted by Gasteiger charge is -2.43. The zero-order chi connectivity index (χ0) is 20.5. The van der Waals surface area contributed by atoms with E-state index < -0.39 is 20.1 Å². The van der Waals surface area contributed by atoms with Gasteiger partial charge in [0.25, 0.3) is 0 Å². The molecular formula is C19H23N5O2S2. The third-order valence-electron chi connectivity index (χ3n) is 5.51. The number of hydrogen-bond acceptors (Lipinski definition) is 6. The quantitative estimate of drug-likeness (QED) is 0.668. The summed E-state index contributed by atoms with van der Waals surface area (Å²) in [5.41, 5.74) is 2.73. The fourth-order valence-electron chi connectivity index (χ4n) is 3.52. The van der Waals surface area contributed by atoms with Crippen LogP contribution in [0.3, 0.4) is 0 Å². The molecule has 3 aromatic rings. The lowest BCUT2D eigenvalue weighted by atomic mass is 9.92. The number of aryl methyl sites for hydroxylation is 2. The maximum absolute atomic E-state index is 12.8. The summed E-state index contributed by atoms with van der Waals surface area (Å²) in [4.78, 5) is 4.71. The van der Waals surface area contributed by atoms with Gasteiger partial charge in [0.2, 0.25) is 0 Å². The molecule has 4 rings (SSSR count). The number of fused-ring (bicyclic) bond motifs is 1. The van der Waals surface area contributed by atoms with Gasteiger partial charge in [0, 0.05) is 7.05 Å². The van der Waals surface area contributed by atoms with Gasteiger partial charge in [0.15, 0.2) is 9.84 Å². The maximum Gasteiger partial charge on any atom is 0.165 e. The molecule has 0 spiro atoms. The normalized spacial score (nSPS) is 23.7. The molecule has 0 radical (unpaired) electrons. The predicted molar refractivity (Wildman–Crippen MR) is 113 cm³/mol. The van der Waals surface area contributed by atoms with Crippen molar-refractivity contribution in [3.8, 4) is 10.7 Å². The third kappa shape index (κ3) is 2.76. The van der Waals surface area contributed by atoms with Crippen molar-refractivity contribution in [2.75, 3.05) is 5.75 Å². The van der Waals surface area contributed by atoms with E-state index in [1.54, 1.807) is 25.2 Å². The summed E-state index contributed by atoms with van der Waals surface area (Å²) in [5.74, 6) is -0.0373. The first kappa shape index (κ1) is 19.1. The molecule has 1 aromatic carbocycles. The predicted octanol–water partition coefficient (Wildman–Crippen LogP) is 2.99. The molecule has 0 bridgehead atoms. The number of aromatic nitrogens is 3. The molecule has 2 N–H and O–H groups in total. The minimum atomic E-state index is -3.47. The molecule has 28 heavy (non-hydrogen) atoms. The van der Waals surface area contributed by atoms with Crippen molar-refractivity contribution < 1.29 is 8.42 Å². The second-order valence-corrected chi connectivity index (χ2v) is 11.7. The van der Waals surface area contributed by atoms with Crippen molar-refractivity contribution in [2.24, 2.45) is 7.05 Å². The van der Waals surface area contributed by atoms with Crippen LogP contribution in [-0.4, -0.2) is 39.5 Å². The molecule has 2 aromatic heterocycles. The van der Waals surface area contributed by atoms with Crippen molar-refractivity contribution in [1.82, 2.24) is 20.1 Å². The van der Waals surface area contributed by atoms with Crippen LogP contribution in [0.5, 0.6) is 0 Å². The van der Waals surface area contributed by atoms with E-state index in [2.05, 4.69) is 10.4 Å². The van der Waals surface area contributed by atoms with Gasteiger partial charge in [0.1, 0.15) is 15.6 Å². The van der Waals surface area contributed by atoms with E-state index in [0.717, 1.165) is 32.2 Å². The Labute approximate surface area is 168 Å². The first-order valence-corrected chi connectivity index (χ1v) is 11.4. The lowest BCUT2D eigenvalue weighted by molar-refractivity contribution is 0.443. The van der Waals surface area contributed by atoms with E-state index in [1.807, 2.05) is 49.8 Å². The molecule has 1 aliphatic rings. The first-order chi connectivity index (χ1) is 12.9. The Balaban J connectivity index is 1.78. The minimum Gasteiger partial charge on any atom is -0.362 e. The number of sulfone groups is 1. The molecule has 1 saturated heterocycles. The van der Waals surface area contributed by atoms with Gasteiger partial charge in [-0.15, -0.1) is 11.3 Å². The molecule has 7 nitrogen and oxygen atoms in total. The third-order valence-corrected chi connectivity index (χ3v) is 9.26. The molecule has 1 aliphatic heterocycles. The smallest absolute Gasteiger partial charge is 0.165 e. The van der Waals surface area contributed by atoms with E-state index >= 15 is 0 Å². The fourth-order valence-corrected chi connectivity index (χ4v) is 6.30. The summed E-state index contributed by atoms with van der Waals surface area (Å²) in [6.07, 6.45) is 0. The van der Waals surface area contributed by atoms with E-state index in [9.17, 15) is 8.42 Å². The van der Waals surface area contributed by atoms with E-state index in [-0.39, 0.29) is 11.6 Å². The number of benzene rings is 1. The van der Waals surface area contributed by atoms with Gasteiger partial charge in [-0.05, 0) is 51.5 Å². The molecule has 1 fully saturated rings. The zero-order valence-electron chi connectivity index (χ0n) is 16.5. The van der Waals surface area contributed by atoms with Gasteiger partial charge in [0.05, 0.1) is 32.9 Å². The largest absolute Gasteiger partial charge is 0.362 e. The summed E-state index contributed by atoms with van der Waals surface area (Å²) in [5, 5.41) is 16.6. The lowest BCUT2D eigenvalue weighted by Crippen LogP contribution is -2.63. The number of hydrogen-bond donors (Lipinski definition) is 2. The number of nitrogens with zero attached hydrogens (tertiary/aromatic N) is 3. The minimum absolute atomic E-state index is 0.0247. The van der Waals surface area contributed by atoms with Gasteiger partial charge in [-0.3, -0.25) is 10.1 Å². The molecule has 0 amide bonds. The van der Waals surface area contributed by atoms with E-state index in [4.69, 9.17) is 10.4 Å². The second kappa shape index (κ2) is 5.87. The van der Waals surface area contributed by atoms with Gasteiger partial charge in [-0.2, -0.15) is 5.10 Å². The Morgan fingerprint density at radius 3 is 2.57 bits per heavy atom. The number of amidine groups is 1. The Kier molecular flexibility index (Phi) is 4.00. The molecular weight excluding hydrogens is 394 g/mol. The van der Waals surface area contributed by atoms with Gasteiger partial charge in [-0.25, -0.2) is 13.4 Å². The average Bonchev–Trinajstić information content (AvgIpc) is 3.14. The highest BCUT2D eigenvalue weighted by Gasteiger charge is 2.50. The van der Waals surface area contributed by atoms with Crippen molar-refractivity contribution in [3.05, 3.63) is 35.5 Å². The van der Waals surface area contributed by atoms with Crippen LogP contribution in [0.4, 0.5) is 0 Å².